The molecule has 1 aromatic rings. The van der Waals surface area contributed by atoms with Crippen molar-refractivity contribution in [1.29, 1.82) is 0 Å². The van der Waals surface area contributed by atoms with Gasteiger partial charge in [-0.3, -0.25) is 4.79 Å². The molecule has 0 saturated heterocycles. The summed E-state index contributed by atoms with van der Waals surface area (Å²) in [5.41, 5.74) is -3.32. The monoisotopic (exact) mass is 325 g/mol. The van der Waals surface area contributed by atoms with Gasteiger partial charge in [0.25, 0.3) is 5.56 Å². The Bertz CT molecular complexity index is 575. The van der Waals surface area contributed by atoms with E-state index in [-0.39, 0.29) is 6.61 Å². The number of alkyl halides is 3. The minimum absolute atomic E-state index is 0.186. The Labute approximate surface area is 121 Å². The zero-order chi connectivity index (χ0) is 16.9. The van der Waals surface area contributed by atoms with E-state index in [1.807, 2.05) is 0 Å². The van der Waals surface area contributed by atoms with E-state index < -0.39 is 47.7 Å². The number of aromatic amines is 1. The number of H-pyrrole nitrogens is 1. The second kappa shape index (κ2) is 7.22. The number of aliphatic carboxylic acids is 1. The number of nitrogens with zero attached hydrogens (tertiary/aromatic N) is 1. The van der Waals surface area contributed by atoms with E-state index in [0.29, 0.717) is 0 Å². The van der Waals surface area contributed by atoms with Gasteiger partial charge < -0.3 is 20.3 Å². The summed E-state index contributed by atoms with van der Waals surface area (Å²) in [5, 5.41) is 24.8. The lowest BCUT2D eigenvalue weighted by atomic mass is 10.2. The number of carboxylic acid groups (broad SMARTS) is 1. The predicted molar refractivity (Wildman–Crippen MR) is 67.4 cm³/mol. The van der Waals surface area contributed by atoms with Crippen molar-refractivity contribution in [2.24, 2.45) is 0 Å². The van der Waals surface area contributed by atoms with E-state index in [9.17, 15) is 22.8 Å². The first-order valence-corrected chi connectivity index (χ1v) is 6.03. The molecule has 1 rings (SSSR count). The number of carboxylic acids is 1. The van der Waals surface area contributed by atoms with Gasteiger partial charge in [-0.05, 0) is 6.92 Å². The number of ether oxygens (including phenoxy) is 1. The molecule has 1 aromatic heterocycles. The number of aliphatic hydroxyl groups excluding tert-OH is 1. The molecule has 11 heteroatoms. The van der Waals surface area contributed by atoms with Gasteiger partial charge in [-0.1, -0.05) is 0 Å². The van der Waals surface area contributed by atoms with Crippen molar-refractivity contribution < 1.29 is 32.9 Å². The summed E-state index contributed by atoms with van der Waals surface area (Å²) < 4.78 is 43.2. The van der Waals surface area contributed by atoms with Crippen LogP contribution in [-0.2, 0) is 15.7 Å². The molecular weight excluding hydrogens is 311 g/mol. The van der Waals surface area contributed by atoms with E-state index in [2.05, 4.69) is 10.4 Å². The lowest BCUT2D eigenvalue weighted by molar-refractivity contribution is -0.149. The summed E-state index contributed by atoms with van der Waals surface area (Å²) in [4.78, 5) is 21.6. The number of hydrogen-bond acceptors (Lipinski definition) is 6. The maximum absolute atomic E-state index is 12.8. The number of rotatable bonds is 7. The molecule has 0 aliphatic carbocycles. The fourth-order valence-electron chi connectivity index (χ4n) is 1.52. The highest BCUT2D eigenvalue weighted by molar-refractivity contribution is 5.71. The first-order chi connectivity index (χ1) is 10.1. The highest BCUT2D eigenvalue weighted by Gasteiger charge is 2.37. The average Bonchev–Trinajstić information content (AvgIpc) is 2.36. The van der Waals surface area contributed by atoms with Crippen molar-refractivity contribution in [2.75, 3.05) is 18.5 Å². The number of anilines is 1. The summed E-state index contributed by atoms with van der Waals surface area (Å²) in [5.74, 6) is -1.47. The third kappa shape index (κ3) is 5.00. The Hall–Kier alpha value is -2.14. The first kappa shape index (κ1) is 17.9. The average molecular weight is 325 g/mol. The van der Waals surface area contributed by atoms with Crippen LogP contribution in [0.25, 0.3) is 0 Å². The van der Waals surface area contributed by atoms with Gasteiger partial charge in [-0.2, -0.15) is 18.3 Å². The van der Waals surface area contributed by atoms with Crippen LogP contribution >= 0.6 is 0 Å². The van der Waals surface area contributed by atoms with Gasteiger partial charge in [0.15, 0.2) is 6.10 Å². The number of carbonyl (C=O) groups is 1. The molecule has 0 amide bonds. The molecule has 0 aromatic carbocycles. The van der Waals surface area contributed by atoms with E-state index in [4.69, 9.17) is 14.9 Å². The van der Waals surface area contributed by atoms with Crippen LogP contribution in [0.1, 0.15) is 12.5 Å². The molecule has 0 aliphatic rings. The van der Waals surface area contributed by atoms with Gasteiger partial charge in [0, 0.05) is 6.04 Å². The summed E-state index contributed by atoms with van der Waals surface area (Å²) in [6.07, 6.45) is -5.77. The van der Waals surface area contributed by atoms with E-state index >= 15 is 0 Å². The van der Waals surface area contributed by atoms with Crippen molar-refractivity contribution in [3.05, 3.63) is 22.1 Å². The van der Waals surface area contributed by atoms with E-state index in [0.717, 1.165) is 6.20 Å². The van der Waals surface area contributed by atoms with Crippen LogP contribution < -0.4 is 10.9 Å². The van der Waals surface area contributed by atoms with E-state index in [1.165, 1.54) is 6.92 Å². The topological polar surface area (TPSA) is 125 Å². The van der Waals surface area contributed by atoms with Crippen LogP contribution in [0.2, 0.25) is 0 Å². The molecule has 22 heavy (non-hydrogen) atoms. The number of halogens is 3. The molecule has 8 nitrogen and oxygen atoms in total. The Morgan fingerprint density at radius 1 is 1.50 bits per heavy atom. The molecule has 4 N–H and O–H groups in total. The molecule has 0 aliphatic heterocycles. The first-order valence-electron chi connectivity index (χ1n) is 6.03. The van der Waals surface area contributed by atoms with Crippen molar-refractivity contribution in [2.45, 2.75) is 25.2 Å². The second-order valence-electron chi connectivity index (χ2n) is 4.42. The number of hydrogen-bond donors (Lipinski definition) is 4. The summed E-state index contributed by atoms with van der Waals surface area (Å²) >= 11 is 0. The zero-order valence-corrected chi connectivity index (χ0v) is 11.3. The molecule has 124 valence electrons. The molecular formula is C11H14F3N3O5. The second-order valence-corrected chi connectivity index (χ2v) is 4.42. The van der Waals surface area contributed by atoms with Gasteiger partial charge in [0.1, 0.15) is 5.56 Å². The number of aromatic nitrogens is 2. The summed E-state index contributed by atoms with van der Waals surface area (Å²) in [7, 11) is 0. The summed E-state index contributed by atoms with van der Waals surface area (Å²) in [6, 6.07) is -0.689. The lowest BCUT2D eigenvalue weighted by Gasteiger charge is -2.18. The van der Waals surface area contributed by atoms with Gasteiger partial charge >= 0.3 is 12.1 Å². The third-order valence-corrected chi connectivity index (χ3v) is 2.47. The van der Waals surface area contributed by atoms with Crippen molar-refractivity contribution in [3.8, 4) is 0 Å². The van der Waals surface area contributed by atoms with Crippen molar-refractivity contribution in [1.82, 2.24) is 10.2 Å². The highest BCUT2D eigenvalue weighted by Crippen LogP contribution is 2.31. The Morgan fingerprint density at radius 3 is 2.68 bits per heavy atom. The van der Waals surface area contributed by atoms with Gasteiger partial charge in [0.2, 0.25) is 0 Å². The number of nitrogens with one attached hydrogen (secondary N) is 2. The quantitative estimate of drug-likeness (QED) is 0.558. The van der Waals surface area contributed by atoms with E-state index in [1.54, 1.807) is 5.10 Å². The maximum Gasteiger partial charge on any atom is 0.423 e. The summed E-state index contributed by atoms with van der Waals surface area (Å²) in [6.45, 7) is 0.754. The van der Waals surface area contributed by atoms with Crippen molar-refractivity contribution in [3.63, 3.8) is 0 Å². The molecule has 2 unspecified atom stereocenters. The fraction of sp³-hybridized carbons (Fsp3) is 0.545. The van der Waals surface area contributed by atoms with Crippen LogP contribution in [0, 0.1) is 0 Å². The maximum atomic E-state index is 12.8. The Morgan fingerprint density at radius 2 is 2.14 bits per heavy atom. The molecule has 2 atom stereocenters. The van der Waals surface area contributed by atoms with Crippen molar-refractivity contribution >= 4 is 11.7 Å². The Balaban J connectivity index is 2.69. The smallest absolute Gasteiger partial charge is 0.423 e. The van der Waals surface area contributed by atoms with Crippen LogP contribution in [0.5, 0.6) is 0 Å². The van der Waals surface area contributed by atoms with Crippen LogP contribution in [0.4, 0.5) is 18.9 Å². The fourth-order valence-corrected chi connectivity index (χ4v) is 1.52. The molecule has 0 fully saturated rings. The molecule has 1 heterocycles. The highest BCUT2D eigenvalue weighted by atomic mass is 19.4. The normalized spacial score (nSPS) is 14.4. The number of aliphatic hydroxyl groups is 1. The van der Waals surface area contributed by atoms with Gasteiger partial charge in [-0.15, -0.1) is 0 Å². The molecule has 0 radical (unpaired) electrons. The minimum Gasteiger partial charge on any atom is -0.479 e. The van der Waals surface area contributed by atoms with Crippen LogP contribution in [0.15, 0.2) is 11.0 Å². The minimum atomic E-state index is -4.86. The lowest BCUT2D eigenvalue weighted by Crippen LogP contribution is -2.31. The third-order valence-electron chi connectivity index (χ3n) is 2.47. The molecule has 0 spiro atoms. The Kier molecular flexibility index (Phi) is 5.88. The standard InChI is InChI=1S/C11H14F3N3O5/c1-5(3-22-4-7(18)10(20)21)16-6-2-15-17-9(19)8(6)11(12,13)14/h2,5,7,18H,3-4H2,1H3,(H,20,21)(H2,16,17,19). The predicted octanol–water partition coefficient (Wildman–Crippen LogP) is 0.0512. The van der Waals surface area contributed by atoms with Crippen LogP contribution in [-0.4, -0.2) is 51.7 Å². The molecule has 0 bridgehead atoms. The van der Waals surface area contributed by atoms with Gasteiger partial charge in [0.05, 0.1) is 25.1 Å². The van der Waals surface area contributed by atoms with Crippen LogP contribution in [0.3, 0.4) is 0 Å². The largest absolute Gasteiger partial charge is 0.479 e. The van der Waals surface area contributed by atoms with Gasteiger partial charge in [-0.25, -0.2) is 9.89 Å². The SMILES string of the molecule is CC(COCC(O)C(=O)O)Nc1cn[nH]c(=O)c1C(F)(F)F. The molecule has 0 saturated carbocycles. The zero-order valence-electron chi connectivity index (χ0n) is 11.3.